The molecule has 0 aliphatic heterocycles. The highest BCUT2D eigenvalue weighted by atomic mass is 32.2. The Morgan fingerprint density at radius 3 is 2.68 bits per heavy atom. The summed E-state index contributed by atoms with van der Waals surface area (Å²) in [6.07, 6.45) is 0.0875. The van der Waals surface area contributed by atoms with E-state index in [4.69, 9.17) is 9.88 Å². The van der Waals surface area contributed by atoms with Gasteiger partial charge in [0.25, 0.3) is 0 Å². The summed E-state index contributed by atoms with van der Waals surface area (Å²) < 4.78 is 40.3. The molecule has 0 saturated heterocycles. The number of hydrogen-bond donors (Lipinski definition) is 2. The fourth-order valence-electron chi connectivity index (χ4n) is 1.35. The number of benzene rings is 1. The van der Waals surface area contributed by atoms with E-state index in [9.17, 15) is 17.6 Å². The van der Waals surface area contributed by atoms with Crippen molar-refractivity contribution in [1.29, 1.82) is 0 Å². The zero-order chi connectivity index (χ0) is 14.5. The van der Waals surface area contributed by atoms with Crippen LogP contribution in [-0.4, -0.2) is 27.5 Å². The Bertz CT molecular complexity index is 560. The highest BCUT2D eigenvalue weighted by Crippen LogP contribution is 2.18. The third-order valence-corrected chi connectivity index (χ3v) is 3.13. The Morgan fingerprint density at radius 2 is 2.16 bits per heavy atom. The number of ether oxygens (including phenoxy) is 1. The lowest BCUT2D eigenvalue weighted by molar-refractivity contribution is -0.142. The minimum absolute atomic E-state index is 0.0875. The van der Waals surface area contributed by atoms with Gasteiger partial charge in [0.1, 0.15) is 5.82 Å². The molecule has 0 fully saturated rings. The number of sulfonamides is 1. The number of carbonyl (C=O) groups is 1. The first kappa shape index (κ1) is 15.4. The molecule has 0 heterocycles. The molecule has 0 saturated carbocycles. The molecule has 8 heteroatoms. The number of carbonyl (C=O) groups excluding carboxylic acids is 1. The molecule has 6 nitrogen and oxygen atoms in total. The number of rotatable bonds is 6. The number of nitrogens with one attached hydrogen (secondary N) is 1. The van der Waals surface area contributed by atoms with Gasteiger partial charge in [-0.3, -0.25) is 4.79 Å². The van der Waals surface area contributed by atoms with Crippen LogP contribution in [0.5, 0.6) is 0 Å². The second kappa shape index (κ2) is 6.48. The average Bonchev–Trinajstić information content (AvgIpc) is 2.30. The smallest absolute Gasteiger partial charge is 0.307 e. The van der Waals surface area contributed by atoms with Crippen molar-refractivity contribution in [3.05, 3.63) is 24.0 Å². The fraction of sp³-hybridized carbons (Fsp3) is 0.364. The van der Waals surface area contributed by atoms with Gasteiger partial charge < -0.3 is 10.1 Å². The van der Waals surface area contributed by atoms with E-state index in [1.54, 1.807) is 6.92 Å². The van der Waals surface area contributed by atoms with Crippen molar-refractivity contribution in [3.8, 4) is 0 Å². The maximum Gasteiger partial charge on any atom is 0.307 e. The largest absolute Gasteiger partial charge is 0.466 e. The van der Waals surface area contributed by atoms with Crippen LogP contribution in [0.25, 0.3) is 0 Å². The van der Waals surface area contributed by atoms with Crippen molar-refractivity contribution in [2.75, 3.05) is 18.5 Å². The molecule has 19 heavy (non-hydrogen) atoms. The van der Waals surface area contributed by atoms with Gasteiger partial charge >= 0.3 is 5.97 Å². The molecular formula is C11H15FN2O4S. The monoisotopic (exact) mass is 290 g/mol. The highest BCUT2D eigenvalue weighted by Gasteiger charge is 2.11. The van der Waals surface area contributed by atoms with Crippen LogP contribution >= 0.6 is 0 Å². The lowest BCUT2D eigenvalue weighted by Crippen LogP contribution is -2.14. The van der Waals surface area contributed by atoms with Crippen LogP contribution in [-0.2, 0) is 19.6 Å². The van der Waals surface area contributed by atoms with E-state index in [0.717, 1.165) is 6.07 Å². The summed E-state index contributed by atoms with van der Waals surface area (Å²) in [5.74, 6) is -1.15. The van der Waals surface area contributed by atoms with Crippen LogP contribution in [0, 0.1) is 5.82 Å². The van der Waals surface area contributed by atoms with Crippen LogP contribution in [0.2, 0.25) is 0 Å². The van der Waals surface area contributed by atoms with Crippen molar-refractivity contribution < 1.29 is 22.3 Å². The van der Waals surface area contributed by atoms with E-state index in [-0.39, 0.29) is 30.2 Å². The maximum absolute atomic E-state index is 13.6. The van der Waals surface area contributed by atoms with E-state index < -0.39 is 21.8 Å². The van der Waals surface area contributed by atoms with Gasteiger partial charge in [0.05, 0.1) is 23.6 Å². The summed E-state index contributed by atoms with van der Waals surface area (Å²) in [5.41, 5.74) is 0.0942. The normalized spacial score (nSPS) is 11.1. The average molecular weight is 290 g/mol. The summed E-state index contributed by atoms with van der Waals surface area (Å²) >= 11 is 0. The Morgan fingerprint density at radius 1 is 1.47 bits per heavy atom. The second-order valence-electron chi connectivity index (χ2n) is 3.67. The van der Waals surface area contributed by atoms with Crippen molar-refractivity contribution in [2.24, 2.45) is 5.14 Å². The molecule has 106 valence electrons. The minimum atomic E-state index is -3.93. The summed E-state index contributed by atoms with van der Waals surface area (Å²) in [7, 11) is -3.93. The predicted molar refractivity (Wildman–Crippen MR) is 67.5 cm³/mol. The van der Waals surface area contributed by atoms with Gasteiger partial charge in [0, 0.05) is 6.54 Å². The van der Waals surface area contributed by atoms with Crippen LogP contribution < -0.4 is 10.5 Å². The molecule has 0 radical (unpaired) electrons. The molecule has 0 aliphatic rings. The van der Waals surface area contributed by atoms with Crippen molar-refractivity contribution in [3.63, 3.8) is 0 Å². The van der Waals surface area contributed by atoms with Gasteiger partial charge in [0.15, 0.2) is 0 Å². The number of nitrogens with two attached hydrogens (primary N) is 1. The van der Waals surface area contributed by atoms with Crippen LogP contribution in [0.3, 0.4) is 0 Å². The van der Waals surface area contributed by atoms with Gasteiger partial charge in [-0.05, 0) is 25.1 Å². The molecular weight excluding hydrogens is 275 g/mol. The van der Waals surface area contributed by atoms with Crippen molar-refractivity contribution >= 4 is 21.7 Å². The highest BCUT2D eigenvalue weighted by molar-refractivity contribution is 7.89. The molecule has 0 aliphatic carbocycles. The third-order valence-electron chi connectivity index (χ3n) is 2.22. The fourth-order valence-corrected chi connectivity index (χ4v) is 1.87. The van der Waals surface area contributed by atoms with Gasteiger partial charge in [-0.2, -0.15) is 0 Å². The van der Waals surface area contributed by atoms with E-state index in [1.807, 2.05) is 0 Å². The van der Waals surface area contributed by atoms with Crippen molar-refractivity contribution in [2.45, 2.75) is 18.2 Å². The number of anilines is 1. The van der Waals surface area contributed by atoms with Gasteiger partial charge in [-0.1, -0.05) is 0 Å². The lowest BCUT2D eigenvalue weighted by atomic mass is 10.3. The van der Waals surface area contributed by atoms with E-state index in [0.29, 0.717) is 0 Å². The van der Waals surface area contributed by atoms with Gasteiger partial charge in [0.2, 0.25) is 10.0 Å². The summed E-state index contributed by atoms with van der Waals surface area (Å²) in [6, 6.07) is 3.26. The van der Waals surface area contributed by atoms with Crippen molar-refractivity contribution in [1.82, 2.24) is 0 Å². The van der Waals surface area contributed by atoms with Gasteiger partial charge in [-0.25, -0.2) is 17.9 Å². The summed E-state index contributed by atoms with van der Waals surface area (Å²) in [4.78, 5) is 10.7. The molecule has 3 N–H and O–H groups in total. The Balaban J connectivity index is 2.64. The van der Waals surface area contributed by atoms with Crippen LogP contribution in [0.4, 0.5) is 10.1 Å². The molecule has 0 amide bonds. The predicted octanol–water partition coefficient (Wildman–Crippen LogP) is 0.838. The number of primary sulfonamides is 1. The number of esters is 1. The molecule has 0 unspecified atom stereocenters. The molecule has 0 spiro atoms. The van der Waals surface area contributed by atoms with Crippen LogP contribution in [0.15, 0.2) is 23.1 Å². The molecule has 1 aromatic rings. The molecule has 1 rings (SSSR count). The first-order valence-corrected chi connectivity index (χ1v) is 7.11. The van der Waals surface area contributed by atoms with Gasteiger partial charge in [-0.15, -0.1) is 0 Å². The Hall–Kier alpha value is -1.67. The standard InChI is InChI=1S/C11H15FN2O4S/c1-2-18-11(15)5-6-14-10-4-3-8(7-9(10)12)19(13,16)17/h3-4,7,14H,2,5-6H2,1H3,(H2,13,16,17). The Labute approximate surface area is 110 Å². The zero-order valence-corrected chi connectivity index (χ0v) is 11.2. The quantitative estimate of drug-likeness (QED) is 0.756. The van der Waals surface area contributed by atoms with E-state index in [2.05, 4.69) is 5.32 Å². The minimum Gasteiger partial charge on any atom is -0.466 e. The first-order valence-electron chi connectivity index (χ1n) is 5.56. The maximum atomic E-state index is 13.6. The number of halogens is 1. The van der Waals surface area contributed by atoms with Crippen LogP contribution in [0.1, 0.15) is 13.3 Å². The SMILES string of the molecule is CCOC(=O)CCNc1ccc(S(N)(=O)=O)cc1F. The summed E-state index contributed by atoms with van der Waals surface area (Å²) in [5, 5.41) is 7.54. The summed E-state index contributed by atoms with van der Waals surface area (Å²) in [6.45, 7) is 2.16. The lowest BCUT2D eigenvalue weighted by Gasteiger charge is -2.08. The molecule has 1 aromatic carbocycles. The second-order valence-corrected chi connectivity index (χ2v) is 5.23. The third kappa shape index (κ3) is 4.84. The first-order chi connectivity index (χ1) is 8.84. The molecule has 0 atom stereocenters. The molecule has 0 aromatic heterocycles. The number of hydrogen-bond acceptors (Lipinski definition) is 5. The zero-order valence-electron chi connectivity index (χ0n) is 10.3. The van der Waals surface area contributed by atoms with E-state index >= 15 is 0 Å². The van der Waals surface area contributed by atoms with E-state index in [1.165, 1.54) is 12.1 Å². The Kier molecular flexibility index (Phi) is 5.25. The topological polar surface area (TPSA) is 98.5 Å². The molecule has 0 bridgehead atoms.